The van der Waals surface area contributed by atoms with Crippen LogP contribution in [0, 0.1) is 12.8 Å². The summed E-state index contributed by atoms with van der Waals surface area (Å²) in [6.45, 7) is 9.60. The number of nitrogens with zero attached hydrogens (tertiary/aromatic N) is 3. The van der Waals surface area contributed by atoms with Crippen molar-refractivity contribution < 1.29 is 19.1 Å². The van der Waals surface area contributed by atoms with Crippen LogP contribution >= 0.6 is 0 Å². The summed E-state index contributed by atoms with van der Waals surface area (Å²) in [6.07, 6.45) is 4.23. The molecule has 188 valence electrons. The second-order valence-electron chi connectivity index (χ2n) is 9.85. The molecule has 0 aliphatic carbocycles. The fourth-order valence-corrected chi connectivity index (χ4v) is 3.96. The lowest BCUT2D eigenvalue weighted by Crippen LogP contribution is -2.46. The van der Waals surface area contributed by atoms with Crippen LogP contribution in [0.25, 0.3) is 0 Å². The molecule has 2 aromatic rings. The van der Waals surface area contributed by atoms with Crippen LogP contribution in [0.4, 0.5) is 22.1 Å². The first-order valence-electron chi connectivity index (χ1n) is 11.7. The summed E-state index contributed by atoms with van der Waals surface area (Å²) >= 11 is 0. The summed E-state index contributed by atoms with van der Waals surface area (Å²) in [5.74, 6) is -0.00694. The van der Waals surface area contributed by atoms with Crippen LogP contribution in [-0.2, 0) is 14.3 Å². The van der Waals surface area contributed by atoms with Crippen molar-refractivity contribution in [3.8, 4) is 0 Å². The van der Waals surface area contributed by atoms with E-state index in [-0.39, 0.29) is 12.0 Å². The number of amides is 3. The number of carbonyl (C=O) groups is 3. The number of likely N-dealkylation sites (tertiary alicyclic amines) is 1. The van der Waals surface area contributed by atoms with Gasteiger partial charge < -0.3 is 20.3 Å². The molecule has 10 heteroatoms. The molecule has 1 saturated heterocycles. The van der Waals surface area contributed by atoms with E-state index in [0.29, 0.717) is 23.6 Å². The molecule has 0 spiro atoms. The lowest BCUT2D eigenvalue weighted by atomic mass is 9.90. The van der Waals surface area contributed by atoms with Gasteiger partial charge in [-0.2, -0.15) is 0 Å². The van der Waals surface area contributed by atoms with Crippen molar-refractivity contribution in [3.63, 3.8) is 0 Å². The Balaban J connectivity index is 1.70. The Kier molecular flexibility index (Phi) is 7.93. The maximum atomic E-state index is 13.2. The Morgan fingerprint density at radius 3 is 2.43 bits per heavy atom. The molecule has 3 amide bonds. The first-order chi connectivity index (χ1) is 16.5. The van der Waals surface area contributed by atoms with E-state index < -0.39 is 23.5 Å². The number of anilines is 3. The molecule has 2 aromatic heterocycles. The summed E-state index contributed by atoms with van der Waals surface area (Å²) in [6, 6.07) is 5.21. The van der Waals surface area contributed by atoms with E-state index in [0.717, 1.165) is 24.2 Å². The standard InChI is InChI=1S/C25H34N6O4/c1-15-7-9-19(17-8-10-20(26-6)27-12-17)31(14-15)23(33)22(32)29-18-11-16(2)21(28-13-18)30-24(34)35-25(3,4)5/h8,10-13,15,19H,7,9,14H2,1-6H3,(H,26,27)(H,29,32)(H,28,30,34). The molecular weight excluding hydrogens is 448 g/mol. The molecule has 0 bridgehead atoms. The average molecular weight is 483 g/mol. The summed E-state index contributed by atoms with van der Waals surface area (Å²) in [4.78, 5) is 48.2. The van der Waals surface area contributed by atoms with Crippen molar-refractivity contribution in [1.82, 2.24) is 14.9 Å². The maximum Gasteiger partial charge on any atom is 0.413 e. The van der Waals surface area contributed by atoms with Crippen LogP contribution in [-0.4, -0.2) is 52.0 Å². The van der Waals surface area contributed by atoms with Gasteiger partial charge in [-0.3, -0.25) is 14.9 Å². The van der Waals surface area contributed by atoms with E-state index in [2.05, 4.69) is 32.8 Å². The van der Waals surface area contributed by atoms with Crippen molar-refractivity contribution in [2.75, 3.05) is 29.5 Å². The van der Waals surface area contributed by atoms with Gasteiger partial charge in [-0.05, 0) is 69.7 Å². The molecule has 2 atom stereocenters. The Labute approximate surface area is 205 Å². The van der Waals surface area contributed by atoms with Crippen LogP contribution in [0.2, 0.25) is 0 Å². The molecule has 0 saturated carbocycles. The zero-order valence-electron chi connectivity index (χ0n) is 21.1. The molecule has 1 aliphatic rings. The molecular formula is C25H34N6O4. The topological polar surface area (TPSA) is 126 Å². The second-order valence-corrected chi connectivity index (χ2v) is 9.85. The maximum absolute atomic E-state index is 13.2. The van der Waals surface area contributed by atoms with E-state index in [9.17, 15) is 14.4 Å². The summed E-state index contributed by atoms with van der Waals surface area (Å²) in [5, 5.41) is 8.21. The highest BCUT2D eigenvalue weighted by Gasteiger charge is 2.34. The highest BCUT2D eigenvalue weighted by Crippen LogP contribution is 2.33. The van der Waals surface area contributed by atoms with Gasteiger partial charge in [0.15, 0.2) is 0 Å². The van der Waals surface area contributed by atoms with Crippen molar-refractivity contribution >= 4 is 35.2 Å². The quantitative estimate of drug-likeness (QED) is 0.560. The van der Waals surface area contributed by atoms with Crippen molar-refractivity contribution in [2.24, 2.45) is 5.92 Å². The van der Waals surface area contributed by atoms with Gasteiger partial charge in [0.1, 0.15) is 17.2 Å². The largest absolute Gasteiger partial charge is 0.444 e. The Hall–Kier alpha value is -3.69. The highest BCUT2D eigenvalue weighted by molar-refractivity contribution is 6.39. The molecule has 2 unspecified atom stereocenters. The second kappa shape index (κ2) is 10.7. The third-order valence-corrected chi connectivity index (χ3v) is 5.66. The van der Waals surface area contributed by atoms with Gasteiger partial charge in [0.05, 0.1) is 17.9 Å². The van der Waals surface area contributed by atoms with Crippen LogP contribution < -0.4 is 16.0 Å². The van der Waals surface area contributed by atoms with E-state index in [1.165, 1.54) is 6.20 Å². The molecule has 10 nitrogen and oxygen atoms in total. The molecule has 3 heterocycles. The van der Waals surface area contributed by atoms with E-state index in [1.807, 2.05) is 12.1 Å². The predicted octanol–water partition coefficient (Wildman–Crippen LogP) is 4.11. The zero-order chi connectivity index (χ0) is 25.8. The molecule has 1 aliphatic heterocycles. The number of hydrogen-bond donors (Lipinski definition) is 3. The van der Waals surface area contributed by atoms with Crippen LogP contribution in [0.3, 0.4) is 0 Å². The normalized spacial score (nSPS) is 17.9. The van der Waals surface area contributed by atoms with Crippen molar-refractivity contribution in [2.45, 2.75) is 59.1 Å². The van der Waals surface area contributed by atoms with Gasteiger partial charge in [0.2, 0.25) is 0 Å². The van der Waals surface area contributed by atoms with Gasteiger partial charge in [0, 0.05) is 19.8 Å². The zero-order valence-corrected chi connectivity index (χ0v) is 21.1. The van der Waals surface area contributed by atoms with Crippen LogP contribution in [0.15, 0.2) is 30.6 Å². The Morgan fingerprint density at radius 2 is 1.83 bits per heavy atom. The minimum Gasteiger partial charge on any atom is -0.444 e. The lowest BCUT2D eigenvalue weighted by Gasteiger charge is -2.38. The van der Waals surface area contributed by atoms with E-state index in [1.54, 1.807) is 51.9 Å². The van der Waals surface area contributed by atoms with Crippen LogP contribution in [0.5, 0.6) is 0 Å². The van der Waals surface area contributed by atoms with E-state index >= 15 is 0 Å². The number of hydrogen-bond acceptors (Lipinski definition) is 7. The number of ether oxygens (including phenoxy) is 1. The van der Waals surface area contributed by atoms with Crippen molar-refractivity contribution in [3.05, 3.63) is 41.7 Å². The minimum absolute atomic E-state index is 0.219. The summed E-state index contributed by atoms with van der Waals surface area (Å²) < 4.78 is 5.24. The third kappa shape index (κ3) is 6.91. The van der Waals surface area contributed by atoms with Gasteiger partial charge in [0.25, 0.3) is 0 Å². The summed E-state index contributed by atoms with van der Waals surface area (Å²) in [5.41, 5.74) is 1.23. The first kappa shape index (κ1) is 25.9. The third-order valence-electron chi connectivity index (χ3n) is 5.66. The number of nitrogens with one attached hydrogen (secondary N) is 3. The number of piperidine rings is 1. The van der Waals surface area contributed by atoms with Gasteiger partial charge in [-0.15, -0.1) is 0 Å². The molecule has 0 aromatic carbocycles. The lowest BCUT2D eigenvalue weighted by molar-refractivity contribution is -0.146. The number of carbonyl (C=O) groups excluding carboxylic acids is 3. The Morgan fingerprint density at radius 1 is 1.09 bits per heavy atom. The molecule has 1 fully saturated rings. The average Bonchev–Trinajstić information content (AvgIpc) is 2.79. The van der Waals surface area contributed by atoms with Gasteiger partial charge in [-0.25, -0.2) is 14.8 Å². The molecule has 3 rings (SSSR count). The Bertz CT molecular complexity index is 1080. The number of aromatic nitrogens is 2. The predicted molar refractivity (Wildman–Crippen MR) is 134 cm³/mol. The number of rotatable bonds is 4. The summed E-state index contributed by atoms with van der Waals surface area (Å²) in [7, 11) is 1.79. The molecule has 35 heavy (non-hydrogen) atoms. The number of aryl methyl sites for hydroxylation is 1. The van der Waals surface area contributed by atoms with Crippen LogP contribution in [0.1, 0.15) is 57.7 Å². The number of pyridine rings is 2. The first-order valence-corrected chi connectivity index (χ1v) is 11.7. The van der Waals surface area contributed by atoms with Gasteiger partial charge in [-0.1, -0.05) is 13.0 Å². The monoisotopic (exact) mass is 482 g/mol. The van der Waals surface area contributed by atoms with Gasteiger partial charge >= 0.3 is 17.9 Å². The smallest absolute Gasteiger partial charge is 0.413 e. The minimum atomic E-state index is -0.738. The van der Waals surface area contributed by atoms with E-state index in [4.69, 9.17) is 4.74 Å². The molecule has 0 radical (unpaired) electrons. The molecule has 3 N–H and O–H groups in total. The fraction of sp³-hybridized carbons (Fsp3) is 0.480. The fourth-order valence-electron chi connectivity index (χ4n) is 3.96. The SMILES string of the molecule is CNc1ccc(C2CCC(C)CN2C(=O)C(=O)Nc2cnc(NC(=O)OC(C)(C)C)c(C)c2)cn1. The highest BCUT2D eigenvalue weighted by atomic mass is 16.6. The van der Waals surface area contributed by atoms with Crippen molar-refractivity contribution in [1.29, 1.82) is 0 Å².